The Kier molecular flexibility index (Phi) is 8.40. The lowest BCUT2D eigenvalue weighted by Gasteiger charge is -2.35. The van der Waals surface area contributed by atoms with Gasteiger partial charge in [-0.1, -0.05) is 206 Å². The molecule has 0 saturated heterocycles. The van der Waals surface area contributed by atoms with Crippen molar-refractivity contribution in [1.29, 1.82) is 0 Å². The van der Waals surface area contributed by atoms with Crippen LogP contribution in [0.1, 0.15) is 44.5 Å². The van der Waals surface area contributed by atoms with E-state index in [2.05, 4.69) is 259 Å². The van der Waals surface area contributed by atoms with Crippen LogP contribution in [0.4, 0.5) is 17.1 Å². The minimum atomic E-state index is -0.562. The predicted molar refractivity (Wildman–Crippen MR) is 291 cm³/mol. The van der Waals surface area contributed by atoms with Crippen LogP contribution in [-0.4, -0.2) is 4.98 Å². The van der Waals surface area contributed by atoms with Crippen LogP contribution in [0.15, 0.2) is 254 Å². The van der Waals surface area contributed by atoms with Crippen LogP contribution in [0.2, 0.25) is 0 Å². The molecule has 70 heavy (non-hydrogen) atoms. The Morgan fingerprint density at radius 2 is 0.886 bits per heavy atom. The number of rotatable bonds is 6. The average Bonchev–Trinajstić information content (AvgIpc) is 4.19. The molecule has 3 aliphatic carbocycles. The summed E-state index contributed by atoms with van der Waals surface area (Å²) in [4.78, 5) is 7.23. The monoisotopic (exact) mass is 906 g/mol. The van der Waals surface area contributed by atoms with Crippen molar-refractivity contribution < 1.29 is 0 Å². The van der Waals surface area contributed by atoms with Crippen molar-refractivity contribution >= 4 is 49.4 Å². The Bertz CT molecular complexity index is 3990. The van der Waals surface area contributed by atoms with Gasteiger partial charge in [-0.15, -0.1) is 11.3 Å². The Balaban J connectivity index is 1.05. The standard InChI is InChI=1S/C67H42N2S/c1-3-18-46(19-4-1)66(47-20-5-2-6-21-47)56-27-13-9-25-53(56)54-37-36-49(41-60(54)66)69(48-34-31-43(32-35-48)44-33-38-63-61(39-44)68-42-70-63)62-40-45-17-7-8-22-50(45)65-64(62)55-26-12-16-30-59(55)67(65)57-28-14-10-23-51(57)52-24-11-15-29-58(52)67/h1-42H. The molecule has 12 aromatic rings. The molecule has 15 rings (SSSR count). The zero-order valence-electron chi connectivity index (χ0n) is 38.1. The van der Waals surface area contributed by atoms with Gasteiger partial charge in [0.05, 0.1) is 32.2 Å². The fourth-order valence-corrected chi connectivity index (χ4v) is 13.6. The van der Waals surface area contributed by atoms with E-state index in [4.69, 9.17) is 0 Å². The van der Waals surface area contributed by atoms with Gasteiger partial charge in [-0.2, -0.15) is 0 Å². The summed E-state index contributed by atoms with van der Waals surface area (Å²) in [6.45, 7) is 0. The molecule has 2 nitrogen and oxygen atoms in total. The molecule has 1 spiro atoms. The molecule has 1 heterocycles. The highest BCUT2D eigenvalue weighted by Gasteiger charge is 2.53. The topological polar surface area (TPSA) is 16.1 Å². The van der Waals surface area contributed by atoms with Crippen molar-refractivity contribution in [3.05, 3.63) is 299 Å². The van der Waals surface area contributed by atoms with E-state index < -0.39 is 10.8 Å². The lowest BCUT2D eigenvalue weighted by Crippen LogP contribution is -2.28. The van der Waals surface area contributed by atoms with Crippen LogP contribution >= 0.6 is 11.3 Å². The summed E-state index contributed by atoms with van der Waals surface area (Å²) in [5.74, 6) is 0. The summed E-state index contributed by atoms with van der Waals surface area (Å²) in [5, 5.41) is 2.48. The molecule has 11 aromatic carbocycles. The molecular weight excluding hydrogens is 865 g/mol. The zero-order valence-corrected chi connectivity index (χ0v) is 38.9. The zero-order chi connectivity index (χ0) is 46.0. The third-order valence-corrected chi connectivity index (χ3v) is 16.5. The first-order chi connectivity index (χ1) is 34.7. The van der Waals surface area contributed by atoms with Gasteiger partial charge in [0, 0.05) is 16.9 Å². The van der Waals surface area contributed by atoms with Gasteiger partial charge in [0.25, 0.3) is 0 Å². The second-order valence-electron chi connectivity index (χ2n) is 18.9. The summed E-state index contributed by atoms with van der Waals surface area (Å²) in [5.41, 5.74) is 25.6. The Morgan fingerprint density at radius 3 is 1.54 bits per heavy atom. The smallest absolute Gasteiger partial charge is 0.0818 e. The van der Waals surface area contributed by atoms with Crippen LogP contribution < -0.4 is 4.90 Å². The van der Waals surface area contributed by atoms with Gasteiger partial charge in [-0.25, -0.2) is 4.98 Å². The van der Waals surface area contributed by atoms with Crippen LogP contribution in [0.5, 0.6) is 0 Å². The highest BCUT2D eigenvalue weighted by molar-refractivity contribution is 7.16. The minimum Gasteiger partial charge on any atom is -0.310 e. The first kappa shape index (κ1) is 39.4. The summed E-state index contributed by atoms with van der Waals surface area (Å²) >= 11 is 1.68. The molecule has 0 unspecified atom stereocenters. The molecule has 3 heteroatoms. The van der Waals surface area contributed by atoms with E-state index >= 15 is 0 Å². The fraction of sp³-hybridized carbons (Fsp3) is 0.0299. The lowest BCUT2D eigenvalue weighted by atomic mass is 9.67. The molecule has 0 N–H and O–H groups in total. The molecule has 0 saturated carbocycles. The quantitative estimate of drug-likeness (QED) is 0.165. The Hall–Kier alpha value is -8.63. The average molecular weight is 907 g/mol. The number of benzene rings is 11. The van der Waals surface area contributed by atoms with E-state index in [9.17, 15) is 0 Å². The Morgan fingerprint density at radius 1 is 0.371 bits per heavy atom. The first-order valence-corrected chi connectivity index (χ1v) is 25.1. The van der Waals surface area contributed by atoms with Gasteiger partial charge in [0.15, 0.2) is 0 Å². The molecule has 0 amide bonds. The van der Waals surface area contributed by atoms with Gasteiger partial charge >= 0.3 is 0 Å². The van der Waals surface area contributed by atoms with Gasteiger partial charge in [0.1, 0.15) is 0 Å². The van der Waals surface area contributed by atoms with Crippen molar-refractivity contribution in [2.45, 2.75) is 10.8 Å². The normalized spacial score (nSPS) is 13.9. The maximum atomic E-state index is 4.67. The van der Waals surface area contributed by atoms with Gasteiger partial charge < -0.3 is 4.90 Å². The maximum absolute atomic E-state index is 4.67. The molecule has 3 aliphatic rings. The van der Waals surface area contributed by atoms with Crippen molar-refractivity contribution in [3.63, 3.8) is 0 Å². The SMILES string of the molecule is c1ccc(C2(c3ccccc3)c3ccccc3-c3ccc(N(c4ccc(-c5ccc6scnc6c5)cc4)c4cc5ccccc5c5c4-c4ccccc4C54c5ccccc5-c5ccccc54)cc32)cc1. The van der Waals surface area contributed by atoms with Gasteiger partial charge in [-0.3, -0.25) is 0 Å². The second-order valence-corrected chi connectivity index (χ2v) is 19.8. The van der Waals surface area contributed by atoms with Gasteiger partial charge in [0.2, 0.25) is 0 Å². The summed E-state index contributed by atoms with van der Waals surface area (Å²) < 4.78 is 1.20. The second kappa shape index (κ2) is 14.9. The molecule has 1 aromatic heterocycles. The third-order valence-electron chi connectivity index (χ3n) is 15.7. The third kappa shape index (κ3) is 5.25. The largest absolute Gasteiger partial charge is 0.310 e. The molecular formula is C67H42N2S. The van der Waals surface area contributed by atoms with E-state index in [-0.39, 0.29) is 0 Å². The number of anilines is 3. The van der Waals surface area contributed by atoms with Crippen molar-refractivity contribution in [2.75, 3.05) is 4.90 Å². The minimum absolute atomic E-state index is 0.534. The highest BCUT2D eigenvalue weighted by atomic mass is 32.1. The Labute approximate surface area is 411 Å². The molecule has 0 atom stereocenters. The van der Waals surface area contributed by atoms with E-state index in [1.165, 1.54) is 93.4 Å². The molecule has 0 aliphatic heterocycles. The van der Waals surface area contributed by atoms with E-state index in [0.717, 1.165) is 33.7 Å². The number of hydrogen-bond acceptors (Lipinski definition) is 3. The first-order valence-electron chi connectivity index (χ1n) is 24.2. The summed E-state index contributed by atoms with van der Waals surface area (Å²) in [6.07, 6.45) is 0. The molecule has 0 radical (unpaired) electrons. The van der Waals surface area contributed by atoms with E-state index in [1.807, 2.05) is 5.51 Å². The number of hydrogen-bond donors (Lipinski definition) is 0. The van der Waals surface area contributed by atoms with Crippen LogP contribution in [0.25, 0.3) is 65.5 Å². The molecule has 0 fully saturated rings. The molecule has 0 bridgehead atoms. The fourth-order valence-electron chi connectivity index (χ4n) is 13.0. The summed E-state index contributed by atoms with van der Waals surface area (Å²) in [7, 11) is 0. The van der Waals surface area contributed by atoms with Crippen molar-refractivity contribution in [2.24, 2.45) is 0 Å². The van der Waals surface area contributed by atoms with Gasteiger partial charge in [-0.05, 0) is 137 Å². The molecule has 326 valence electrons. The van der Waals surface area contributed by atoms with Crippen LogP contribution in [0.3, 0.4) is 0 Å². The van der Waals surface area contributed by atoms with E-state index in [1.54, 1.807) is 11.3 Å². The number of aromatic nitrogens is 1. The highest BCUT2D eigenvalue weighted by Crippen LogP contribution is 2.66. The van der Waals surface area contributed by atoms with Crippen LogP contribution in [-0.2, 0) is 10.8 Å². The maximum Gasteiger partial charge on any atom is 0.0818 e. The van der Waals surface area contributed by atoms with E-state index in [0.29, 0.717) is 0 Å². The number of fused-ring (bicyclic) bond motifs is 16. The number of nitrogens with zero attached hydrogens (tertiary/aromatic N) is 2. The predicted octanol–water partition coefficient (Wildman–Crippen LogP) is 17.3. The van der Waals surface area contributed by atoms with Crippen molar-refractivity contribution in [1.82, 2.24) is 4.98 Å². The summed E-state index contributed by atoms with van der Waals surface area (Å²) in [6, 6.07) is 93.5. The van der Waals surface area contributed by atoms with Crippen LogP contribution in [0, 0.1) is 0 Å². The number of thiazole rings is 1. The van der Waals surface area contributed by atoms with Crippen molar-refractivity contribution in [3.8, 4) is 44.5 Å². The lowest BCUT2D eigenvalue weighted by molar-refractivity contribution is 0.768.